The van der Waals surface area contributed by atoms with Gasteiger partial charge in [-0.15, -0.1) is 0 Å². The Labute approximate surface area is 94.5 Å². The average molecular weight is 218 g/mol. The molecule has 1 aromatic rings. The molecule has 0 radical (unpaired) electrons. The summed E-state index contributed by atoms with van der Waals surface area (Å²) in [7, 11) is 1.61. The summed E-state index contributed by atoms with van der Waals surface area (Å²) >= 11 is 0. The van der Waals surface area contributed by atoms with Crippen molar-refractivity contribution in [1.29, 1.82) is 0 Å². The molecule has 0 spiro atoms. The molecule has 1 unspecified atom stereocenters. The van der Waals surface area contributed by atoms with Gasteiger partial charge in [0.15, 0.2) is 6.23 Å². The van der Waals surface area contributed by atoms with Crippen LogP contribution in [0.1, 0.15) is 13.8 Å². The quantitative estimate of drug-likeness (QED) is 0.759. The lowest BCUT2D eigenvalue weighted by molar-refractivity contribution is -0.115. The molecule has 0 N–H and O–H groups in total. The van der Waals surface area contributed by atoms with Crippen molar-refractivity contribution in [2.45, 2.75) is 20.1 Å². The number of methoxy groups -OCH3 is 1. The molecule has 0 fully saturated rings. The van der Waals surface area contributed by atoms with Crippen LogP contribution in [-0.2, 0) is 9.53 Å². The van der Waals surface area contributed by atoms with E-state index in [2.05, 4.69) is 4.98 Å². The lowest BCUT2D eigenvalue weighted by Gasteiger charge is -2.24. The first-order valence-corrected chi connectivity index (χ1v) is 5.10. The van der Waals surface area contributed by atoms with Crippen LogP contribution in [0.2, 0.25) is 0 Å². The molecular weight excluding hydrogens is 204 g/mol. The summed E-state index contributed by atoms with van der Waals surface area (Å²) in [5.74, 6) is -0.00412. The van der Waals surface area contributed by atoms with Gasteiger partial charge in [-0.3, -0.25) is 14.7 Å². The van der Waals surface area contributed by atoms with Gasteiger partial charge in [0, 0.05) is 25.1 Å². The molecule has 0 aromatic carbocycles. The van der Waals surface area contributed by atoms with Crippen molar-refractivity contribution in [2.75, 3.05) is 12.0 Å². The van der Waals surface area contributed by atoms with E-state index in [1.807, 2.05) is 13.8 Å². The first-order valence-electron chi connectivity index (χ1n) is 5.10. The third kappa shape index (κ3) is 1.51. The van der Waals surface area contributed by atoms with Gasteiger partial charge < -0.3 is 4.74 Å². The summed E-state index contributed by atoms with van der Waals surface area (Å²) in [4.78, 5) is 17.6. The van der Waals surface area contributed by atoms with E-state index in [1.54, 1.807) is 36.5 Å². The van der Waals surface area contributed by atoms with Crippen LogP contribution in [0.15, 0.2) is 35.7 Å². The Balaban J connectivity index is 2.41. The fourth-order valence-corrected chi connectivity index (χ4v) is 1.87. The SMILES string of the molecule is COC1C(C)=C(C)C(=O)N1c1ccncc1. The predicted octanol–water partition coefficient (Wildman–Crippen LogP) is 1.74. The van der Waals surface area contributed by atoms with Gasteiger partial charge in [0.1, 0.15) is 0 Å². The molecule has 4 nitrogen and oxygen atoms in total. The molecule has 0 aliphatic carbocycles. The van der Waals surface area contributed by atoms with Crippen molar-refractivity contribution in [3.8, 4) is 0 Å². The summed E-state index contributed by atoms with van der Waals surface area (Å²) in [6.07, 6.45) is 3.03. The Morgan fingerprint density at radius 1 is 1.31 bits per heavy atom. The van der Waals surface area contributed by atoms with Crippen LogP contribution in [0.3, 0.4) is 0 Å². The molecule has 0 saturated carbocycles. The van der Waals surface area contributed by atoms with Crippen LogP contribution in [0.5, 0.6) is 0 Å². The van der Waals surface area contributed by atoms with E-state index in [1.165, 1.54) is 0 Å². The summed E-state index contributed by atoms with van der Waals surface area (Å²) in [6.45, 7) is 3.74. The maximum absolute atomic E-state index is 12.1. The highest BCUT2D eigenvalue weighted by molar-refractivity contribution is 6.09. The Morgan fingerprint density at radius 3 is 2.50 bits per heavy atom. The maximum atomic E-state index is 12.1. The van der Waals surface area contributed by atoms with Crippen molar-refractivity contribution >= 4 is 11.6 Å². The Kier molecular flexibility index (Phi) is 2.75. The first-order chi connectivity index (χ1) is 7.66. The van der Waals surface area contributed by atoms with E-state index < -0.39 is 0 Å². The number of hydrogen-bond donors (Lipinski definition) is 0. The third-order valence-corrected chi connectivity index (χ3v) is 2.90. The highest BCUT2D eigenvalue weighted by Crippen LogP contribution is 2.30. The fraction of sp³-hybridized carbons (Fsp3) is 0.333. The van der Waals surface area contributed by atoms with E-state index in [9.17, 15) is 4.79 Å². The minimum Gasteiger partial charge on any atom is -0.357 e. The Bertz CT molecular complexity index is 440. The molecule has 2 rings (SSSR count). The summed E-state index contributed by atoms with van der Waals surface area (Å²) < 4.78 is 5.36. The van der Waals surface area contributed by atoms with Gasteiger partial charge in [0.25, 0.3) is 5.91 Å². The average Bonchev–Trinajstić information content (AvgIpc) is 2.54. The molecular formula is C12H14N2O2. The van der Waals surface area contributed by atoms with E-state index in [-0.39, 0.29) is 12.1 Å². The zero-order chi connectivity index (χ0) is 11.7. The molecule has 1 aliphatic rings. The monoisotopic (exact) mass is 218 g/mol. The summed E-state index contributed by atoms with van der Waals surface area (Å²) in [5.41, 5.74) is 2.52. The second-order valence-electron chi connectivity index (χ2n) is 3.78. The van der Waals surface area contributed by atoms with Crippen LogP contribution in [0, 0.1) is 0 Å². The molecule has 2 heterocycles. The summed E-state index contributed by atoms with van der Waals surface area (Å²) in [5, 5.41) is 0. The first kappa shape index (κ1) is 10.8. The molecule has 4 heteroatoms. The van der Waals surface area contributed by atoms with Crippen molar-refractivity contribution in [1.82, 2.24) is 4.98 Å². The Morgan fingerprint density at radius 2 is 1.94 bits per heavy atom. The number of carbonyl (C=O) groups excluding carboxylic acids is 1. The largest absolute Gasteiger partial charge is 0.357 e. The van der Waals surface area contributed by atoms with Crippen LogP contribution in [0.4, 0.5) is 5.69 Å². The summed E-state index contributed by atoms with van der Waals surface area (Å²) in [6, 6.07) is 3.60. The van der Waals surface area contributed by atoms with Crippen LogP contribution in [-0.4, -0.2) is 24.2 Å². The molecule has 16 heavy (non-hydrogen) atoms. The zero-order valence-corrected chi connectivity index (χ0v) is 9.60. The molecule has 1 atom stereocenters. The van der Waals surface area contributed by atoms with Crippen molar-refractivity contribution in [3.05, 3.63) is 35.7 Å². The van der Waals surface area contributed by atoms with Crippen LogP contribution >= 0.6 is 0 Å². The number of carbonyl (C=O) groups is 1. The van der Waals surface area contributed by atoms with E-state index in [0.29, 0.717) is 0 Å². The van der Waals surface area contributed by atoms with Crippen molar-refractivity contribution in [3.63, 3.8) is 0 Å². The van der Waals surface area contributed by atoms with E-state index >= 15 is 0 Å². The van der Waals surface area contributed by atoms with Gasteiger partial charge in [-0.25, -0.2) is 0 Å². The van der Waals surface area contributed by atoms with Crippen molar-refractivity contribution in [2.24, 2.45) is 0 Å². The predicted molar refractivity (Wildman–Crippen MR) is 60.9 cm³/mol. The number of anilines is 1. The van der Waals surface area contributed by atoms with Gasteiger partial charge in [0.05, 0.1) is 5.69 Å². The number of rotatable bonds is 2. The normalized spacial score (nSPS) is 20.8. The zero-order valence-electron chi connectivity index (χ0n) is 9.60. The number of pyridine rings is 1. The second-order valence-corrected chi connectivity index (χ2v) is 3.78. The third-order valence-electron chi connectivity index (χ3n) is 2.90. The number of ether oxygens (including phenoxy) is 1. The molecule has 0 bridgehead atoms. The van der Waals surface area contributed by atoms with Gasteiger partial charge in [0.2, 0.25) is 0 Å². The molecule has 0 saturated heterocycles. The standard InChI is InChI=1S/C12H14N2O2/c1-8-9(2)12(16-3)14(11(8)15)10-4-6-13-7-5-10/h4-7,12H,1-3H3. The number of nitrogens with zero attached hydrogens (tertiary/aromatic N) is 2. The minimum absolute atomic E-state index is 0.00412. The van der Waals surface area contributed by atoms with Crippen LogP contribution < -0.4 is 4.90 Å². The second kappa shape index (κ2) is 4.06. The van der Waals surface area contributed by atoms with Gasteiger partial charge >= 0.3 is 0 Å². The number of aromatic nitrogens is 1. The number of amides is 1. The van der Waals surface area contributed by atoms with E-state index in [0.717, 1.165) is 16.8 Å². The van der Waals surface area contributed by atoms with E-state index in [4.69, 9.17) is 4.74 Å². The minimum atomic E-state index is -0.296. The lowest BCUT2D eigenvalue weighted by Crippen LogP contribution is -2.36. The lowest BCUT2D eigenvalue weighted by atomic mass is 10.2. The highest BCUT2D eigenvalue weighted by Gasteiger charge is 2.35. The van der Waals surface area contributed by atoms with Gasteiger partial charge in [-0.1, -0.05) is 0 Å². The van der Waals surface area contributed by atoms with Crippen molar-refractivity contribution < 1.29 is 9.53 Å². The smallest absolute Gasteiger partial charge is 0.256 e. The molecule has 1 aliphatic heterocycles. The molecule has 84 valence electrons. The van der Waals surface area contributed by atoms with Crippen LogP contribution in [0.25, 0.3) is 0 Å². The molecule has 1 aromatic heterocycles. The Hall–Kier alpha value is -1.68. The van der Waals surface area contributed by atoms with Gasteiger partial charge in [-0.05, 0) is 31.6 Å². The topological polar surface area (TPSA) is 42.4 Å². The fourth-order valence-electron chi connectivity index (χ4n) is 1.87. The van der Waals surface area contributed by atoms with Gasteiger partial charge in [-0.2, -0.15) is 0 Å². The molecule has 1 amide bonds. The highest BCUT2D eigenvalue weighted by atomic mass is 16.5. The maximum Gasteiger partial charge on any atom is 0.256 e. The number of hydrogen-bond acceptors (Lipinski definition) is 3.